The van der Waals surface area contributed by atoms with Crippen molar-refractivity contribution in [1.29, 1.82) is 0 Å². The minimum atomic E-state index is 0.672. The van der Waals surface area contributed by atoms with E-state index in [2.05, 4.69) is 46.9 Å². The summed E-state index contributed by atoms with van der Waals surface area (Å²) in [4.78, 5) is 0. The zero-order chi connectivity index (χ0) is 5.15. The smallest absolute Gasteiger partial charge is 0.0201 e. The molecular weight excluding hydrogens is 189 g/mol. The zero-order valence-corrected chi connectivity index (χ0v) is 6.56. The Bertz CT molecular complexity index is 28.5. The van der Waals surface area contributed by atoms with Crippen LogP contribution in [0.25, 0.3) is 0 Å². The quantitative estimate of drug-likeness (QED) is 0.458. The van der Waals surface area contributed by atoms with Gasteiger partial charge in [-0.1, -0.05) is 0 Å². The van der Waals surface area contributed by atoms with Gasteiger partial charge in [0.15, 0.2) is 0 Å². The molecule has 2 heteroatoms. The fourth-order valence-electron chi connectivity index (χ4n) is 0. The van der Waals surface area contributed by atoms with Crippen molar-refractivity contribution in [3.63, 3.8) is 0 Å². The highest BCUT2D eigenvalue weighted by Crippen LogP contribution is 1.98. The second-order valence-electron chi connectivity index (χ2n) is 1.62. The van der Waals surface area contributed by atoms with Crippen LogP contribution in [0.3, 0.4) is 0 Å². The number of halogens is 1. The topological polar surface area (TPSA) is 3.24 Å². The molecule has 0 aromatic carbocycles. The van der Waals surface area contributed by atoms with Crippen LogP contribution >= 0.6 is 22.9 Å². The van der Waals surface area contributed by atoms with E-state index in [-0.39, 0.29) is 0 Å². The Morgan fingerprint density at radius 2 is 1.67 bits per heavy atom. The Kier molecular flexibility index (Phi) is 3.12. The van der Waals surface area contributed by atoms with Crippen molar-refractivity contribution >= 4 is 22.9 Å². The van der Waals surface area contributed by atoms with Crippen molar-refractivity contribution in [2.24, 2.45) is 0 Å². The number of hydrogen-bond acceptors (Lipinski definition) is 1. The molecule has 0 radical (unpaired) electrons. The lowest BCUT2D eigenvalue weighted by Gasteiger charge is -2.09. The van der Waals surface area contributed by atoms with E-state index in [4.69, 9.17) is 0 Å². The molecule has 0 amide bonds. The third-order valence-corrected chi connectivity index (χ3v) is 1.83. The maximum atomic E-state index is 2.27. The van der Waals surface area contributed by atoms with Crippen molar-refractivity contribution in [1.82, 2.24) is 3.11 Å². The number of nitrogens with zero attached hydrogens (tertiary/aromatic N) is 1. The van der Waals surface area contributed by atoms with Gasteiger partial charge in [-0.15, -0.1) is 0 Å². The second kappa shape index (κ2) is 2.80. The Hall–Kier alpha value is 0.690. The van der Waals surface area contributed by atoms with Gasteiger partial charge in [0.05, 0.1) is 0 Å². The first-order valence-corrected chi connectivity index (χ1v) is 2.99. The zero-order valence-electron chi connectivity index (χ0n) is 4.40. The minimum Gasteiger partial charge on any atom is -0.248 e. The normalized spacial score (nSPS) is 11.0. The predicted molar refractivity (Wildman–Crippen MR) is 36.9 cm³/mol. The van der Waals surface area contributed by atoms with Crippen LogP contribution in [0.1, 0.15) is 13.8 Å². The molecule has 0 aliphatic rings. The van der Waals surface area contributed by atoms with Gasteiger partial charge in [0.25, 0.3) is 0 Å². The highest BCUT2D eigenvalue weighted by molar-refractivity contribution is 14.1. The maximum Gasteiger partial charge on any atom is 0.0201 e. The van der Waals surface area contributed by atoms with Crippen molar-refractivity contribution in [3.05, 3.63) is 0 Å². The van der Waals surface area contributed by atoms with E-state index in [0.29, 0.717) is 6.04 Å². The lowest BCUT2D eigenvalue weighted by Crippen LogP contribution is -2.13. The summed E-state index contributed by atoms with van der Waals surface area (Å²) in [5.74, 6) is 0. The van der Waals surface area contributed by atoms with E-state index in [0.717, 1.165) is 0 Å². The Labute approximate surface area is 53.2 Å². The van der Waals surface area contributed by atoms with Crippen LogP contribution < -0.4 is 0 Å². The first-order valence-electron chi connectivity index (χ1n) is 2.03. The summed E-state index contributed by atoms with van der Waals surface area (Å²) < 4.78 is 2.14. The van der Waals surface area contributed by atoms with E-state index in [1.54, 1.807) is 0 Å². The lowest BCUT2D eigenvalue weighted by molar-refractivity contribution is 0.505. The molecule has 0 rings (SSSR count). The van der Waals surface area contributed by atoms with Crippen LogP contribution in [0.2, 0.25) is 0 Å². The predicted octanol–water partition coefficient (Wildman–Crippen LogP) is 1.68. The molecule has 0 bridgehead atoms. The maximum absolute atomic E-state index is 2.27. The molecule has 38 valence electrons. The fourth-order valence-corrected chi connectivity index (χ4v) is 0. The number of hydrogen-bond donors (Lipinski definition) is 0. The van der Waals surface area contributed by atoms with Gasteiger partial charge in [0.2, 0.25) is 0 Å². The second-order valence-corrected chi connectivity index (χ2v) is 3.14. The Morgan fingerprint density at radius 3 is 1.67 bits per heavy atom. The van der Waals surface area contributed by atoms with Gasteiger partial charge >= 0.3 is 0 Å². The van der Waals surface area contributed by atoms with E-state index in [1.165, 1.54) is 0 Å². The summed E-state index contributed by atoms with van der Waals surface area (Å²) in [7, 11) is 2.06. The SMILES string of the molecule is CC(C)N(C)I. The molecule has 6 heavy (non-hydrogen) atoms. The summed E-state index contributed by atoms with van der Waals surface area (Å²) in [6.45, 7) is 4.32. The van der Waals surface area contributed by atoms with Crippen LogP contribution in [0.5, 0.6) is 0 Å². The van der Waals surface area contributed by atoms with Crippen LogP contribution in [-0.4, -0.2) is 16.2 Å². The first-order chi connectivity index (χ1) is 2.64. The monoisotopic (exact) mass is 199 g/mol. The van der Waals surface area contributed by atoms with Gasteiger partial charge in [0, 0.05) is 28.9 Å². The lowest BCUT2D eigenvalue weighted by atomic mass is 10.4. The molecule has 0 saturated carbocycles. The summed E-state index contributed by atoms with van der Waals surface area (Å²) in [6.07, 6.45) is 0. The minimum absolute atomic E-state index is 0.672. The molecular formula is C4H10IN. The van der Waals surface area contributed by atoms with Gasteiger partial charge in [-0.2, -0.15) is 0 Å². The van der Waals surface area contributed by atoms with E-state index < -0.39 is 0 Å². The van der Waals surface area contributed by atoms with Gasteiger partial charge in [-0.3, -0.25) is 0 Å². The highest BCUT2D eigenvalue weighted by Gasteiger charge is 1.92. The third kappa shape index (κ3) is 2.90. The van der Waals surface area contributed by atoms with Gasteiger partial charge in [0.1, 0.15) is 0 Å². The van der Waals surface area contributed by atoms with Crippen molar-refractivity contribution < 1.29 is 0 Å². The highest BCUT2D eigenvalue weighted by atomic mass is 127. The van der Waals surface area contributed by atoms with Gasteiger partial charge in [-0.05, 0) is 20.9 Å². The van der Waals surface area contributed by atoms with E-state index >= 15 is 0 Å². The Balaban J connectivity index is 2.99. The molecule has 0 aliphatic carbocycles. The molecule has 0 spiro atoms. The summed E-state index contributed by atoms with van der Waals surface area (Å²) in [5, 5.41) is 0. The Morgan fingerprint density at radius 1 is 1.50 bits per heavy atom. The van der Waals surface area contributed by atoms with Crippen LogP contribution in [-0.2, 0) is 0 Å². The first kappa shape index (κ1) is 6.69. The van der Waals surface area contributed by atoms with Gasteiger partial charge in [-0.25, -0.2) is 3.11 Å². The molecule has 0 aliphatic heterocycles. The molecule has 0 aromatic rings. The molecule has 0 saturated heterocycles. The number of rotatable bonds is 1. The molecule has 0 atom stereocenters. The van der Waals surface area contributed by atoms with E-state index in [9.17, 15) is 0 Å². The van der Waals surface area contributed by atoms with Crippen molar-refractivity contribution in [3.8, 4) is 0 Å². The fraction of sp³-hybridized carbons (Fsp3) is 1.00. The molecule has 0 aromatic heterocycles. The summed E-state index contributed by atoms with van der Waals surface area (Å²) in [5.41, 5.74) is 0. The average Bonchev–Trinajstić information content (AvgIpc) is 1.36. The van der Waals surface area contributed by atoms with Crippen LogP contribution in [0, 0.1) is 0 Å². The molecule has 0 N–H and O–H groups in total. The largest absolute Gasteiger partial charge is 0.248 e. The van der Waals surface area contributed by atoms with E-state index in [1.807, 2.05) is 0 Å². The summed E-state index contributed by atoms with van der Waals surface area (Å²) in [6, 6.07) is 0.672. The molecule has 0 unspecified atom stereocenters. The summed E-state index contributed by atoms with van der Waals surface area (Å²) >= 11 is 2.27. The standard InChI is InChI=1S/C4H10IN/c1-4(2)6(3)5/h4H,1-3H3. The molecule has 0 heterocycles. The van der Waals surface area contributed by atoms with Crippen LogP contribution in [0.4, 0.5) is 0 Å². The van der Waals surface area contributed by atoms with Crippen molar-refractivity contribution in [2.45, 2.75) is 19.9 Å². The molecule has 0 fully saturated rings. The third-order valence-electron chi connectivity index (χ3n) is 0.712. The van der Waals surface area contributed by atoms with Gasteiger partial charge < -0.3 is 0 Å². The average molecular weight is 199 g/mol. The molecule has 1 nitrogen and oxygen atoms in total. The van der Waals surface area contributed by atoms with Crippen molar-refractivity contribution in [2.75, 3.05) is 7.05 Å². The van der Waals surface area contributed by atoms with Crippen LogP contribution in [0.15, 0.2) is 0 Å².